The van der Waals surface area contributed by atoms with Crippen LogP contribution in [0.25, 0.3) is 0 Å². The summed E-state index contributed by atoms with van der Waals surface area (Å²) in [6.07, 6.45) is 2.21. The molecule has 1 aliphatic rings. The van der Waals surface area contributed by atoms with Crippen LogP contribution in [0.4, 0.5) is 0 Å². The first-order valence-electron chi connectivity index (χ1n) is 1.59. The molecule has 0 aliphatic carbocycles. The van der Waals surface area contributed by atoms with Crippen LogP contribution in [-0.4, -0.2) is 21.8 Å². The van der Waals surface area contributed by atoms with E-state index in [0.717, 1.165) is 0 Å². The van der Waals surface area contributed by atoms with Gasteiger partial charge in [-0.1, -0.05) is 0 Å². The van der Waals surface area contributed by atoms with Crippen LogP contribution in [0.3, 0.4) is 0 Å². The molecule has 0 unspecified atom stereocenters. The summed E-state index contributed by atoms with van der Waals surface area (Å²) in [7, 11) is 0. The van der Waals surface area contributed by atoms with E-state index in [0.29, 0.717) is 0 Å². The van der Waals surface area contributed by atoms with E-state index in [1.54, 1.807) is 0 Å². The van der Waals surface area contributed by atoms with Gasteiger partial charge < -0.3 is 0 Å². The normalized spacial score (nSPS) is 18.8. The molecule has 5 heavy (non-hydrogen) atoms. The zero-order valence-corrected chi connectivity index (χ0v) is 5.48. The Labute approximate surface area is 40.2 Å². The molecule has 0 atom stereocenters. The first-order valence-corrected chi connectivity index (χ1v) is 5.85. The van der Waals surface area contributed by atoms with E-state index in [2.05, 4.69) is 26.7 Å². The van der Waals surface area contributed by atoms with Crippen LogP contribution in [0, 0.1) is 0 Å². The van der Waals surface area contributed by atoms with Crippen LogP contribution in [-0.2, 0) is 0 Å². The molecule has 0 saturated heterocycles. The summed E-state index contributed by atoms with van der Waals surface area (Å²) in [4.78, 5) is 0. The molecule has 0 aromatic rings. The Morgan fingerprint density at radius 3 is 2.20 bits per heavy atom. The molecule has 0 saturated carbocycles. The zero-order valence-electron chi connectivity index (χ0n) is 2.77. The summed E-state index contributed by atoms with van der Waals surface area (Å²) >= 11 is 3.09. The first-order chi connectivity index (χ1) is 2.39. The molecule has 0 radical (unpaired) electrons. The van der Waals surface area contributed by atoms with Crippen molar-refractivity contribution in [3.63, 3.8) is 0 Å². The van der Waals surface area contributed by atoms with Crippen LogP contribution in [0.15, 0.2) is 11.8 Å². The van der Waals surface area contributed by atoms with Gasteiger partial charge in [0, 0.05) is 0 Å². The van der Waals surface area contributed by atoms with Crippen molar-refractivity contribution in [2.24, 2.45) is 0 Å². The van der Waals surface area contributed by atoms with E-state index in [-0.39, 0.29) is 6.94 Å². The van der Waals surface area contributed by atoms with Gasteiger partial charge in [-0.2, -0.15) is 0 Å². The van der Waals surface area contributed by atoms with Crippen LogP contribution in [0.2, 0.25) is 6.04 Å². The summed E-state index contributed by atoms with van der Waals surface area (Å²) in [5.74, 6) is 0. The summed E-state index contributed by atoms with van der Waals surface area (Å²) in [6, 6.07) is 1.35. The standard InChI is InChI=1S/C3H4SeSi/c4-5-2-1-3-5/h1-2H,3H2. The average Bonchev–Trinajstić information content (AvgIpc) is 1.30. The summed E-state index contributed by atoms with van der Waals surface area (Å²) < 4.78 is 0. The molecule has 0 aromatic carbocycles. The van der Waals surface area contributed by atoms with Gasteiger partial charge in [-0.15, -0.1) is 0 Å². The van der Waals surface area contributed by atoms with E-state index >= 15 is 0 Å². The van der Waals surface area contributed by atoms with E-state index in [9.17, 15) is 0 Å². The van der Waals surface area contributed by atoms with Gasteiger partial charge in [0.1, 0.15) is 0 Å². The third-order valence-corrected chi connectivity index (χ3v) is 3.77. The number of allylic oxidation sites excluding steroid dienone is 1. The zero-order chi connectivity index (χ0) is 3.70. The minimum atomic E-state index is 0.00103. The van der Waals surface area contributed by atoms with Crippen LogP contribution in [0.1, 0.15) is 0 Å². The molecular weight excluding hydrogens is 143 g/mol. The Balaban J connectivity index is 2.71. The second-order valence-corrected chi connectivity index (χ2v) is 6.05. The molecule has 0 aromatic heterocycles. The van der Waals surface area contributed by atoms with Crippen molar-refractivity contribution in [2.45, 2.75) is 6.04 Å². The predicted molar refractivity (Wildman–Crippen MR) is 25.5 cm³/mol. The SMILES string of the molecule is [Se]=[Si]1C=CC1. The molecule has 1 aliphatic heterocycles. The summed E-state index contributed by atoms with van der Waals surface area (Å²) in [6.45, 7) is 0.00103. The molecular formula is C3H4SeSi. The maximum absolute atomic E-state index is 3.09. The number of rotatable bonds is 0. The Morgan fingerprint density at radius 2 is 2.20 bits per heavy atom. The fourth-order valence-corrected chi connectivity index (χ4v) is 1.85. The predicted octanol–water partition coefficient (Wildman–Crippen LogP) is 0.255. The Bertz CT molecular complexity index is 84.9. The van der Waals surface area contributed by atoms with E-state index in [1.807, 2.05) is 0 Å². The van der Waals surface area contributed by atoms with Gasteiger partial charge in [0.05, 0.1) is 0 Å². The third-order valence-electron chi connectivity index (χ3n) is 0.623. The van der Waals surface area contributed by atoms with Gasteiger partial charge in [0.25, 0.3) is 0 Å². The summed E-state index contributed by atoms with van der Waals surface area (Å²) in [5, 5.41) is 0. The molecule has 26 valence electrons. The second kappa shape index (κ2) is 1.29. The fourth-order valence-electron chi connectivity index (χ4n) is 0.214. The van der Waals surface area contributed by atoms with Crippen LogP contribution >= 0.6 is 0 Å². The monoisotopic (exact) mass is 148 g/mol. The topological polar surface area (TPSA) is 0 Å². The Hall–Kier alpha value is 0.476. The molecule has 1 heterocycles. The van der Waals surface area contributed by atoms with Gasteiger partial charge in [-0.25, -0.2) is 0 Å². The fraction of sp³-hybridized carbons (Fsp3) is 0.333. The Morgan fingerprint density at radius 1 is 1.80 bits per heavy atom. The van der Waals surface area contributed by atoms with Gasteiger partial charge >= 0.3 is 39.7 Å². The number of hydrogen-bond acceptors (Lipinski definition) is 0. The van der Waals surface area contributed by atoms with Crippen molar-refractivity contribution >= 4 is 21.8 Å². The summed E-state index contributed by atoms with van der Waals surface area (Å²) in [5.41, 5.74) is 2.27. The molecule has 0 spiro atoms. The van der Waals surface area contributed by atoms with Crippen molar-refractivity contribution in [1.82, 2.24) is 0 Å². The van der Waals surface area contributed by atoms with Gasteiger partial charge in [-0.05, 0) is 0 Å². The van der Waals surface area contributed by atoms with Crippen molar-refractivity contribution in [3.8, 4) is 0 Å². The minimum absolute atomic E-state index is 0.00103. The van der Waals surface area contributed by atoms with Gasteiger partial charge in [-0.3, -0.25) is 0 Å². The van der Waals surface area contributed by atoms with Gasteiger partial charge in [0.2, 0.25) is 0 Å². The molecule has 0 N–H and O–H groups in total. The molecule has 1 rings (SSSR count). The Kier molecular flexibility index (Phi) is 0.944. The third kappa shape index (κ3) is 0.654. The quantitative estimate of drug-likeness (QED) is 0.431. The molecule has 0 nitrogen and oxygen atoms in total. The second-order valence-electron chi connectivity index (χ2n) is 1.07. The average molecular weight is 147 g/mol. The van der Waals surface area contributed by atoms with Crippen molar-refractivity contribution in [1.29, 1.82) is 0 Å². The van der Waals surface area contributed by atoms with Crippen molar-refractivity contribution < 1.29 is 0 Å². The molecule has 2 heteroatoms. The van der Waals surface area contributed by atoms with Crippen LogP contribution < -0.4 is 0 Å². The van der Waals surface area contributed by atoms with Gasteiger partial charge in [0.15, 0.2) is 0 Å². The van der Waals surface area contributed by atoms with E-state index in [1.165, 1.54) is 6.04 Å². The van der Waals surface area contributed by atoms with E-state index in [4.69, 9.17) is 0 Å². The van der Waals surface area contributed by atoms with Crippen molar-refractivity contribution in [3.05, 3.63) is 11.8 Å². The van der Waals surface area contributed by atoms with E-state index < -0.39 is 0 Å². The maximum atomic E-state index is 3.09. The molecule has 0 bridgehead atoms. The first kappa shape index (κ1) is 3.66. The molecule has 0 amide bonds. The molecule has 0 fully saturated rings. The number of hydrogen-bond donors (Lipinski definition) is 0. The van der Waals surface area contributed by atoms with Crippen LogP contribution in [0.5, 0.6) is 0 Å². The van der Waals surface area contributed by atoms with Crippen molar-refractivity contribution in [2.75, 3.05) is 0 Å².